The molecule has 0 unspecified atom stereocenters. The van der Waals surface area contributed by atoms with Gasteiger partial charge in [0.25, 0.3) is 0 Å². The van der Waals surface area contributed by atoms with Crippen LogP contribution in [0.15, 0.2) is 59.0 Å². The van der Waals surface area contributed by atoms with E-state index in [1.54, 1.807) is 30.3 Å². The molecule has 0 fully saturated rings. The maximum atomic E-state index is 9.33. The predicted molar refractivity (Wildman–Crippen MR) is 99.8 cm³/mol. The average Bonchev–Trinajstić information content (AvgIpc) is 3.06. The van der Waals surface area contributed by atoms with E-state index in [1.165, 1.54) is 11.3 Å². The van der Waals surface area contributed by atoms with E-state index >= 15 is 0 Å². The zero-order chi connectivity index (χ0) is 16.9. The van der Waals surface area contributed by atoms with E-state index in [-0.39, 0.29) is 5.71 Å². The Morgan fingerprint density at radius 2 is 1.92 bits per heavy atom. The maximum absolute atomic E-state index is 9.33. The molecule has 0 saturated carbocycles. The molecule has 0 aliphatic rings. The topological polar surface area (TPSA) is 61.1 Å². The Labute approximate surface area is 153 Å². The fraction of sp³-hybridized carbons (Fsp3) is 0. The predicted octanol–water partition coefficient (Wildman–Crippen LogP) is 5.46. The third-order valence-electron chi connectivity index (χ3n) is 3.07. The van der Waals surface area contributed by atoms with Gasteiger partial charge < -0.3 is 0 Å². The Hall–Kier alpha value is -2.39. The van der Waals surface area contributed by atoms with E-state index in [0.29, 0.717) is 20.7 Å². The molecule has 1 N–H and O–H groups in total. The van der Waals surface area contributed by atoms with Crippen LogP contribution in [0.5, 0.6) is 0 Å². The number of benzene rings is 2. The van der Waals surface area contributed by atoms with Crippen molar-refractivity contribution < 1.29 is 0 Å². The van der Waals surface area contributed by atoms with Crippen molar-refractivity contribution in [3.63, 3.8) is 0 Å². The molecule has 7 heteroatoms. The van der Waals surface area contributed by atoms with Crippen LogP contribution < -0.4 is 5.43 Å². The molecule has 118 valence electrons. The van der Waals surface area contributed by atoms with Gasteiger partial charge in [0.05, 0.1) is 11.4 Å². The number of nitrogens with zero attached hydrogens (tertiary/aromatic N) is 3. The summed E-state index contributed by atoms with van der Waals surface area (Å²) in [4.78, 5) is 4.47. The van der Waals surface area contributed by atoms with Crippen LogP contribution in [0, 0.1) is 11.3 Å². The SMILES string of the molecule is N#C/C(=N/Nc1cccc(Cl)c1)c1nc(-c2ccc(Cl)cc2)cs1. The molecule has 1 aromatic heterocycles. The minimum Gasteiger partial charge on any atom is -0.277 e. The van der Waals surface area contributed by atoms with Gasteiger partial charge in [-0.3, -0.25) is 5.43 Å². The van der Waals surface area contributed by atoms with Crippen LogP contribution in [0.4, 0.5) is 5.69 Å². The molecule has 3 aromatic rings. The monoisotopic (exact) mass is 372 g/mol. The first-order chi connectivity index (χ1) is 11.7. The third kappa shape index (κ3) is 3.92. The Balaban J connectivity index is 1.82. The van der Waals surface area contributed by atoms with E-state index in [1.807, 2.05) is 23.6 Å². The lowest BCUT2D eigenvalue weighted by Gasteiger charge is -2.00. The molecule has 0 aliphatic carbocycles. The van der Waals surface area contributed by atoms with Gasteiger partial charge >= 0.3 is 0 Å². The van der Waals surface area contributed by atoms with Gasteiger partial charge in [0.1, 0.15) is 6.07 Å². The molecule has 2 aromatic carbocycles. The van der Waals surface area contributed by atoms with Gasteiger partial charge in [0, 0.05) is 21.0 Å². The van der Waals surface area contributed by atoms with Gasteiger partial charge in [0.15, 0.2) is 10.7 Å². The standard InChI is InChI=1S/C17H10Cl2N4S/c18-12-6-4-11(5-7-12)16-10-24-17(21-16)15(9-20)23-22-14-3-1-2-13(19)8-14/h1-8,10,22H/b23-15-. The first-order valence-electron chi connectivity index (χ1n) is 6.87. The quantitative estimate of drug-likeness (QED) is 0.488. The van der Waals surface area contributed by atoms with Crippen LogP contribution in [0.25, 0.3) is 11.3 Å². The molecule has 0 amide bonds. The smallest absolute Gasteiger partial charge is 0.196 e. The lowest BCUT2D eigenvalue weighted by Crippen LogP contribution is -2.01. The Morgan fingerprint density at radius 3 is 2.62 bits per heavy atom. The number of rotatable bonds is 4. The largest absolute Gasteiger partial charge is 0.277 e. The Bertz CT molecular complexity index is 926. The summed E-state index contributed by atoms with van der Waals surface area (Å²) >= 11 is 13.2. The maximum Gasteiger partial charge on any atom is 0.196 e. The van der Waals surface area contributed by atoms with E-state index in [4.69, 9.17) is 23.2 Å². The van der Waals surface area contributed by atoms with Crippen molar-refractivity contribution in [3.05, 3.63) is 69.0 Å². The Morgan fingerprint density at radius 1 is 1.12 bits per heavy atom. The van der Waals surface area contributed by atoms with Gasteiger partial charge in [-0.15, -0.1) is 11.3 Å². The zero-order valence-corrected chi connectivity index (χ0v) is 14.5. The fourth-order valence-electron chi connectivity index (χ4n) is 1.93. The fourth-order valence-corrected chi connectivity index (χ4v) is 3.02. The lowest BCUT2D eigenvalue weighted by atomic mass is 10.2. The first-order valence-corrected chi connectivity index (χ1v) is 8.50. The van der Waals surface area contributed by atoms with Crippen molar-refractivity contribution >= 4 is 45.9 Å². The van der Waals surface area contributed by atoms with Crippen LogP contribution in [0.3, 0.4) is 0 Å². The van der Waals surface area contributed by atoms with Crippen LogP contribution in [0.1, 0.15) is 5.01 Å². The summed E-state index contributed by atoms with van der Waals surface area (Å²) in [5, 5.41) is 17.1. The average molecular weight is 373 g/mol. The molecule has 0 aliphatic heterocycles. The van der Waals surface area contributed by atoms with E-state index in [9.17, 15) is 5.26 Å². The van der Waals surface area contributed by atoms with Crippen molar-refractivity contribution in [2.75, 3.05) is 5.43 Å². The second kappa shape index (κ2) is 7.45. The minimum atomic E-state index is 0.209. The molecular weight excluding hydrogens is 363 g/mol. The van der Waals surface area contributed by atoms with Crippen LogP contribution in [-0.2, 0) is 0 Å². The summed E-state index contributed by atoms with van der Waals surface area (Å²) in [7, 11) is 0. The number of aromatic nitrogens is 1. The molecule has 0 radical (unpaired) electrons. The highest BCUT2D eigenvalue weighted by Crippen LogP contribution is 2.24. The molecule has 0 spiro atoms. The summed E-state index contributed by atoms with van der Waals surface area (Å²) in [6, 6.07) is 16.5. The van der Waals surface area contributed by atoms with Crippen molar-refractivity contribution in [3.8, 4) is 17.3 Å². The highest BCUT2D eigenvalue weighted by molar-refractivity contribution is 7.12. The van der Waals surface area contributed by atoms with Crippen LogP contribution in [-0.4, -0.2) is 10.7 Å². The van der Waals surface area contributed by atoms with Crippen molar-refractivity contribution in [1.29, 1.82) is 5.26 Å². The molecule has 0 saturated heterocycles. The summed E-state index contributed by atoms with van der Waals surface area (Å²) < 4.78 is 0. The van der Waals surface area contributed by atoms with E-state index in [2.05, 4.69) is 21.6 Å². The lowest BCUT2D eigenvalue weighted by molar-refractivity contribution is 1.31. The zero-order valence-electron chi connectivity index (χ0n) is 12.2. The number of hydrogen-bond donors (Lipinski definition) is 1. The number of hydrazone groups is 1. The van der Waals surface area contributed by atoms with Gasteiger partial charge in [-0.05, 0) is 30.3 Å². The molecule has 1 heterocycles. The van der Waals surface area contributed by atoms with Crippen molar-refractivity contribution in [2.45, 2.75) is 0 Å². The Kier molecular flexibility index (Phi) is 5.11. The summed E-state index contributed by atoms with van der Waals surface area (Å²) in [6.45, 7) is 0. The number of hydrogen-bond acceptors (Lipinski definition) is 5. The van der Waals surface area contributed by atoms with Gasteiger partial charge in [-0.2, -0.15) is 10.4 Å². The van der Waals surface area contributed by atoms with Crippen LogP contribution >= 0.6 is 34.5 Å². The molecular formula is C17H10Cl2N4S. The normalized spacial score (nSPS) is 11.1. The second-order valence-corrected chi connectivity index (χ2v) is 6.47. The first kappa shape index (κ1) is 16.5. The second-order valence-electron chi connectivity index (χ2n) is 4.74. The molecule has 0 bridgehead atoms. The van der Waals surface area contributed by atoms with Crippen LogP contribution in [0.2, 0.25) is 10.0 Å². The molecule has 3 rings (SSSR count). The van der Waals surface area contributed by atoms with Gasteiger partial charge in [-0.1, -0.05) is 41.4 Å². The summed E-state index contributed by atoms with van der Waals surface area (Å²) in [5.41, 5.74) is 5.44. The number of halogens is 2. The van der Waals surface area contributed by atoms with Gasteiger partial charge in [-0.25, -0.2) is 4.98 Å². The minimum absolute atomic E-state index is 0.209. The number of nitrogens with one attached hydrogen (secondary N) is 1. The summed E-state index contributed by atoms with van der Waals surface area (Å²) in [6.07, 6.45) is 0. The number of anilines is 1. The van der Waals surface area contributed by atoms with Crippen molar-refractivity contribution in [2.24, 2.45) is 5.10 Å². The summed E-state index contributed by atoms with van der Waals surface area (Å²) in [5.74, 6) is 0. The number of nitriles is 1. The molecule has 0 atom stereocenters. The molecule has 24 heavy (non-hydrogen) atoms. The van der Waals surface area contributed by atoms with E-state index < -0.39 is 0 Å². The third-order valence-corrected chi connectivity index (χ3v) is 4.41. The highest BCUT2D eigenvalue weighted by Gasteiger charge is 2.10. The number of thiazole rings is 1. The molecule has 4 nitrogen and oxygen atoms in total. The van der Waals surface area contributed by atoms with Crippen molar-refractivity contribution in [1.82, 2.24) is 4.98 Å². The van der Waals surface area contributed by atoms with Gasteiger partial charge in [0.2, 0.25) is 0 Å². The highest BCUT2D eigenvalue weighted by atomic mass is 35.5. The van der Waals surface area contributed by atoms with E-state index in [0.717, 1.165) is 11.3 Å².